The van der Waals surface area contributed by atoms with Gasteiger partial charge in [0.15, 0.2) is 0 Å². The van der Waals surface area contributed by atoms with Crippen LogP contribution in [0.2, 0.25) is 0 Å². The lowest BCUT2D eigenvalue weighted by Gasteiger charge is -2.03. The highest BCUT2D eigenvalue weighted by Crippen LogP contribution is 2.13. The molecular formula is C8H11N3O. The molecule has 4 N–H and O–H groups in total. The van der Waals surface area contributed by atoms with E-state index >= 15 is 0 Å². The predicted octanol–water partition coefficient (Wildman–Crippen LogP) is 0.931. The topological polar surface area (TPSA) is 67.2 Å². The third-order valence-corrected chi connectivity index (χ3v) is 1.35. The minimum absolute atomic E-state index is 0.0934. The van der Waals surface area contributed by atoms with Crippen LogP contribution >= 0.6 is 0 Å². The van der Waals surface area contributed by atoms with Gasteiger partial charge in [-0.1, -0.05) is 6.07 Å². The van der Waals surface area contributed by atoms with Crippen LogP contribution in [0.25, 0.3) is 0 Å². The molecule has 0 aliphatic rings. The fourth-order valence-electron chi connectivity index (χ4n) is 0.890. The SMILES string of the molecule is CC(=O)Nc1cccc(NN)c1. The van der Waals surface area contributed by atoms with Crippen LogP contribution in [0.5, 0.6) is 0 Å². The summed E-state index contributed by atoms with van der Waals surface area (Å²) in [5.41, 5.74) is 3.99. The average Bonchev–Trinajstić information content (AvgIpc) is 2.03. The van der Waals surface area contributed by atoms with Crippen LogP contribution in [-0.2, 0) is 4.79 Å². The standard InChI is InChI=1S/C8H11N3O/c1-6(12)10-7-3-2-4-8(5-7)11-9/h2-5,11H,9H2,1H3,(H,10,12). The number of anilines is 2. The van der Waals surface area contributed by atoms with E-state index in [0.717, 1.165) is 11.4 Å². The van der Waals surface area contributed by atoms with E-state index in [4.69, 9.17) is 5.84 Å². The third-order valence-electron chi connectivity index (χ3n) is 1.35. The van der Waals surface area contributed by atoms with Crippen molar-refractivity contribution >= 4 is 17.3 Å². The van der Waals surface area contributed by atoms with Gasteiger partial charge in [-0.2, -0.15) is 0 Å². The minimum Gasteiger partial charge on any atom is -0.326 e. The molecule has 4 nitrogen and oxygen atoms in total. The molecule has 1 rings (SSSR count). The van der Waals surface area contributed by atoms with E-state index < -0.39 is 0 Å². The number of carbonyl (C=O) groups is 1. The highest BCUT2D eigenvalue weighted by molar-refractivity contribution is 5.89. The van der Waals surface area contributed by atoms with Crippen molar-refractivity contribution in [3.8, 4) is 0 Å². The average molecular weight is 165 g/mol. The highest BCUT2D eigenvalue weighted by atomic mass is 16.1. The van der Waals surface area contributed by atoms with Gasteiger partial charge in [0.2, 0.25) is 5.91 Å². The summed E-state index contributed by atoms with van der Waals surface area (Å²) in [6.45, 7) is 1.46. The molecule has 64 valence electrons. The van der Waals surface area contributed by atoms with Crippen molar-refractivity contribution in [3.63, 3.8) is 0 Å². The summed E-state index contributed by atoms with van der Waals surface area (Å²) in [5, 5.41) is 2.64. The lowest BCUT2D eigenvalue weighted by atomic mass is 10.3. The van der Waals surface area contributed by atoms with Crippen molar-refractivity contribution in [2.75, 3.05) is 10.7 Å². The van der Waals surface area contributed by atoms with E-state index in [9.17, 15) is 4.79 Å². The van der Waals surface area contributed by atoms with Crippen LogP contribution in [0.15, 0.2) is 24.3 Å². The first kappa shape index (κ1) is 8.55. The fourth-order valence-corrected chi connectivity index (χ4v) is 0.890. The van der Waals surface area contributed by atoms with E-state index in [2.05, 4.69) is 10.7 Å². The molecule has 0 atom stereocenters. The second-order valence-corrected chi connectivity index (χ2v) is 2.41. The lowest BCUT2D eigenvalue weighted by Crippen LogP contribution is -2.09. The first-order chi connectivity index (χ1) is 5.72. The predicted molar refractivity (Wildman–Crippen MR) is 48.6 cm³/mol. The van der Waals surface area contributed by atoms with Gasteiger partial charge in [-0.25, -0.2) is 0 Å². The number of rotatable bonds is 2. The molecule has 0 aromatic heterocycles. The Morgan fingerprint density at radius 2 is 2.08 bits per heavy atom. The maximum atomic E-state index is 10.7. The number of carbonyl (C=O) groups excluding carboxylic acids is 1. The Hall–Kier alpha value is -1.55. The van der Waals surface area contributed by atoms with Crippen molar-refractivity contribution in [2.24, 2.45) is 5.84 Å². The monoisotopic (exact) mass is 165 g/mol. The fraction of sp³-hybridized carbons (Fsp3) is 0.125. The zero-order valence-corrected chi connectivity index (χ0v) is 6.79. The summed E-state index contributed by atoms with van der Waals surface area (Å²) in [5.74, 6) is 5.09. The molecule has 0 radical (unpaired) electrons. The lowest BCUT2D eigenvalue weighted by molar-refractivity contribution is -0.114. The highest BCUT2D eigenvalue weighted by Gasteiger charge is 1.95. The molecule has 0 aliphatic heterocycles. The van der Waals surface area contributed by atoms with Crippen LogP contribution in [0, 0.1) is 0 Å². The van der Waals surface area contributed by atoms with Crippen molar-refractivity contribution in [1.82, 2.24) is 0 Å². The number of nitrogens with two attached hydrogens (primary N) is 1. The number of hydrogen-bond donors (Lipinski definition) is 3. The number of nitrogen functional groups attached to an aromatic ring is 1. The molecule has 0 saturated heterocycles. The summed E-state index contributed by atoms with van der Waals surface area (Å²) in [6, 6.07) is 7.16. The zero-order chi connectivity index (χ0) is 8.97. The van der Waals surface area contributed by atoms with Crippen LogP contribution in [0.4, 0.5) is 11.4 Å². The van der Waals surface area contributed by atoms with Gasteiger partial charge in [-0.15, -0.1) is 0 Å². The molecule has 0 aliphatic carbocycles. The largest absolute Gasteiger partial charge is 0.326 e. The van der Waals surface area contributed by atoms with Gasteiger partial charge in [0.1, 0.15) is 0 Å². The molecular weight excluding hydrogens is 154 g/mol. The molecule has 12 heavy (non-hydrogen) atoms. The van der Waals surface area contributed by atoms with Crippen molar-refractivity contribution < 1.29 is 4.79 Å². The molecule has 0 spiro atoms. The van der Waals surface area contributed by atoms with Crippen LogP contribution in [0.1, 0.15) is 6.92 Å². The van der Waals surface area contributed by atoms with Crippen LogP contribution < -0.4 is 16.6 Å². The summed E-state index contributed by atoms with van der Waals surface area (Å²) in [6.07, 6.45) is 0. The molecule has 4 heteroatoms. The summed E-state index contributed by atoms with van der Waals surface area (Å²) in [4.78, 5) is 10.7. The Bertz CT molecular complexity index is 285. The van der Waals surface area contributed by atoms with E-state index in [1.54, 1.807) is 18.2 Å². The van der Waals surface area contributed by atoms with Crippen molar-refractivity contribution in [3.05, 3.63) is 24.3 Å². The maximum absolute atomic E-state index is 10.7. The molecule has 1 amide bonds. The maximum Gasteiger partial charge on any atom is 0.221 e. The van der Waals surface area contributed by atoms with Crippen LogP contribution in [0.3, 0.4) is 0 Å². The molecule has 0 bridgehead atoms. The molecule has 0 saturated carbocycles. The van der Waals surface area contributed by atoms with E-state index in [1.165, 1.54) is 6.92 Å². The van der Waals surface area contributed by atoms with Crippen molar-refractivity contribution in [1.29, 1.82) is 0 Å². The zero-order valence-electron chi connectivity index (χ0n) is 6.79. The Labute approximate surface area is 70.7 Å². The Kier molecular flexibility index (Phi) is 2.66. The van der Waals surface area contributed by atoms with E-state index in [1.807, 2.05) is 6.07 Å². The first-order valence-corrected chi connectivity index (χ1v) is 3.56. The normalized spacial score (nSPS) is 9.17. The molecule has 0 fully saturated rings. The van der Waals surface area contributed by atoms with Crippen LogP contribution in [-0.4, -0.2) is 5.91 Å². The van der Waals surface area contributed by atoms with Gasteiger partial charge < -0.3 is 10.7 Å². The number of amides is 1. The van der Waals surface area contributed by atoms with Gasteiger partial charge >= 0.3 is 0 Å². The van der Waals surface area contributed by atoms with Crippen molar-refractivity contribution in [2.45, 2.75) is 6.92 Å². The molecule has 1 aromatic carbocycles. The summed E-state index contributed by atoms with van der Waals surface area (Å²) >= 11 is 0. The van der Waals surface area contributed by atoms with Gasteiger partial charge in [0, 0.05) is 12.6 Å². The molecule has 1 aromatic rings. The number of hydrogen-bond acceptors (Lipinski definition) is 3. The number of nitrogens with one attached hydrogen (secondary N) is 2. The number of benzene rings is 1. The Morgan fingerprint density at radius 3 is 2.67 bits per heavy atom. The Balaban J connectivity index is 2.79. The minimum atomic E-state index is -0.0934. The second kappa shape index (κ2) is 3.73. The van der Waals surface area contributed by atoms with Gasteiger partial charge in [-0.3, -0.25) is 10.6 Å². The van der Waals surface area contributed by atoms with Gasteiger partial charge in [0.05, 0.1) is 5.69 Å². The first-order valence-electron chi connectivity index (χ1n) is 3.56. The summed E-state index contributed by atoms with van der Waals surface area (Å²) < 4.78 is 0. The number of hydrazine groups is 1. The second-order valence-electron chi connectivity index (χ2n) is 2.41. The molecule has 0 heterocycles. The summed E-state index contributed by atoms with van der Waals surface area (Å²) in [7, 11) is 0. The molecule has 0 unspecified atom stereocenters. The van der Waals surface area contributed by atoms with Gasteiger partial charge in [0.25, 0.3) is 0 Å². The van der Waals surface area contributed by atoms with E-state index in [-0.39, 0.29) is 5.91 Å². The van der Waals surface area contributed by atoms with Gasteiger partial charge in [-0.05, 0) is 18.2 Å². The van der Waals surface area contributed by atoms with E-state index in [0.29, 0.717) is 0 Å². The smallest absolute Gasteiger partial charge is 0.221 e. The third kappa shape index (κ3) is 2.25. The quantitative estimate of drug-likeness (QED) is 0.451. The Morgan fingerprint density at radius 1 is 1.42 bits per heavy atom.